The molecule has 4 nitrogen and oxygen atoms in total. The molecule has 0 radical (unpaired) electrons. The maximum atomic E-state index is 12.6. The fourth-order valence-corrected chi connectivity index (χ4v) is 2.90. The minimum Gasteiger partial charge on any atom is -0.496 e. The van der Waals surface area contributed by atoms with Crippen LogP contribution in [0, 0.1) is 6.92 Å². The number of para-hydroxylation sites is 1. The van der Waals surface area contributed by atoms with Crippen molar-refractivity contribution >= 4 is 5.91 Å². The first-order valence-electron chi connectivity index (χ1n) is 9.04. The van der Waals surface area contributed by atoms with Crippen LogP contribution in [0.3, 0.4) is 0 Å². The molecule has 26 heavy (non-hydrogen) atoms. The van der Waals surface area contributed by atoms with Gasteiger partial charge in [0.2, 0.25) is 0 Å². The average molecular weight is 355 g/mol. The molecule has 0 spiro atoms. The van der Waals surface area contributed by atoms with Crippen LogP contribution < -0.4 is 14.8 Å². The average Bonchev–Trinajstić information content (AvgIpc) is 2.61. The van der Waals surface area contributed by atoms with E-state index in [0.717, 1.165) is 28.2 Å². The van der Waals surface area contributed by atoms with Crippen LogP contribution in [0.5, 0.6) is 11.5 Å². The summed E-state index contributed by atoms with van der Waals surface area (Å²) in [5, 5.41) is 3.01. The predicted molar refractivity (Wildman–Crippen MR) is 105 cm³/mol. The Hall–Kier alpha value is -2.49. The lowest BCUT2D eigenvalue weighted by atomic mass is 10.0. The lowest BCUT2D eigenvalue weighted by Crippen LogP contribution is -2.38. The van der Waals surface area contributed by atoms with Crippen LogP contribution in [0.1, 0.15) is 56.3 Å². The Labute approximate surface area is 156 Å². The summed E-state index contributed by atoms with van der Waals surface area (Å²) in [5.41, 5.74) is 3.15. The third-order valence-corrected chi connectivity index (χ3v) is 4.43. The van der Waals surface area contributed by atoms with Crippen molar-refractivity contribution in [3.05, 3.63) is 59.2 Å². The zero-order valence-corrected chi connectivity index (χ0v) is 16.5. The molecule has 0 bridgehead atoms. The molecule has 2 aromatic rings. The number of amides is 1. The Balaban J connectivity index is 2.10. The molecule has 2 atom stereocenters. The van der Waals surface area contributed by atoms with Crippen LogP contribution in [-0.4, -0.2) is 19.1 Å². The van der Waals surface area contributed by atoms with Crippen LogP contribution >= 0.6 is 0 Å². The molecule has 0 aromatic heterocycles. The van der Waals surface area contributed by atoms with Gasteiger partial charge in [0, 0.05) is 5.56 Å². The largest absolute Gasteiger partial charge is 0.496 e. The van der Waals surface area contributed by atoms with E-state index in [1.54, 1.807) is 14.0 Å². The van der Waals surface area contributed by atoms with Crippen LogP contribution in [-0.2, 0) is 4.79 Å². The highest BCUT2D eigenvalue weighted by Gasteiger charge is 2.21. The van der Waals surface area contributed by atoms with Gasteiger partial charge in [-0.15, -0.1) is 0 Å². The molecular weight excluding hydrogens is 326 g/mol. The van der Waals surface area contributed by atoms with Crippen molar-refractivity contribution in [2.24, 2.45) is 0 Å². The van der Waals surface area contributed by atoms with Gasteiger partial charge in [-0.1, -0.05) is 44.2 Å². The summed E-state index contributed by atoms with van der Waals surface area (Å²) in [5.74, 6) is 1.70. The van der Waals surface area contributed by atoms with Gasteiger partial charge in [-0.3, -0.25) is 4.79 Å². The Morgan fingerprint density at radius 1 is 0.962 bits per heavy atom. The maximum Gasteiger partial charge on any atom is 0.261 e. The molecule has 0 aliphatic carbocycles. The van der Waals surface area contributed by atoms with E-state index in [1.807, 2.05) is 44.2 Å². The van der Waals surface area contributed by atoms with E-state index in [2.05, 4.69) is 31.3 Å². The number of nitrogens with one attached hydrogen (secondary N) is 1. The lowest BCUT2D eigenvalue weighted by Gasteiger charge is -2.22. The van der Waals surface area contributed by atoms with Crippen LogP contribution in [0.25, 0.3) is 0 Å². The topological polar surface area (TPSA) is 47.6 Å². The Morgan fingerprint density at radius 2 is 1.65 bits per heavy atom. The molecule has 140 valence electrons. The van der Waals surface area contributed by atoms with E-state index in [1.165, 1.54) is 0 Å². The van der Waals surface area contributed by atoms with Crippen molar-refractivity contribution in [2.75, 3.05) is 7.11 Å². The highest BCUT2D eigenvalue weighted by atomic mass is 16.5. The molecule has 4 heteroatoms. The highest BCUT2D eigenvalue weighted by molar-refractivity contribution is 5.81. The first-order chi connectivity index (χ1) is 12.3. The van der Waals surface area contributed by atoms with E-state index in [0.29, 0.717) is 5.92 Å². The van der Waals surface area contributed by atoms with E-state index < -0.39 is 6.10 Å². The molecule has 0 fully saturated rings. The first-order valence-corrected chi connectivity index (χ1v) is 9.04. The van der Waals surface area contributed by atoms with Gasteiger partial charge in [0.1, 0.15) is 11.5 Å². The minimum atomic E-state index is -0.591. The van der Waals surface area contributed by atoms with Crippen molar-refractivity contribution in [2.45, 2.75) is 52.7 Å². The standard InChI is InChI=1S/C22H29NO3/c1-14(2)18-12-11-15(3)13-21(18)26-17(5)22(24)23-16(4)19-9-7-8-10-20(19)25-6/h7-14,16-17H,1-6H3,(H,23,24). The maximum absolute atomic E-state index is 12.6. The highest BCUT2D eigenvalue weighted by Crippen LogP contribution is 2.29. The quantitative estimate of drug-likeness (QED) is 0.778. The molecule has 2 unspecified atom stereocenters. The van der Waals surface area contributed by atoms with E-state index >= 15 is 0 Å². The second kappa shape index (κ2) is 8.75. The second-order valence-electron chi connectivity index (χ2n) is 6.93. The number of methoxy groups -OCH3 is 1. The fourth-order valence-electron chi connectivity index (χ4n) is 2.90. The molecule has 1 N–H and O–H groups in total. The summed E-state index contributed by atoms with van der Waals surface area (Å²) in [6, 6.07) is 13.6. The minimum absolute atomic E-state index is 0.153. The third kappa shape index (κ3) is 4.78. The van der Waals surface area contributed by atoms with Crippen LogP contribution in [0.4, 0.5) is 0 Å². The SMILES string of the molecule is COc1ccccc1C(C)NC(=O)C(C)Oc1cc(C)ccc1C(C)C. The van der Waals surface area contributed by atoms with Gasteiger partial charge >= 0.3 is 0 Å². The summed E-state index contributed by atoms with van der Waals surface area (Å²) in [6.07, 6.45) is -0.591. The number of aryl methyl sites for hydroxylation is 1. The lowest BCUT2D eigenvalue weighted by molar-refractivity contribution is -0.127. The van der Waals surface area contributed by atoms with E-state index in [4.69, 9.17) is 9.47 Å². The van der Waals surface area contributed by atoms with Crippen LogP contribution in [0.15, 0.2) is 42.5 Å². The second-order valence-corrected chi connectivity index (χ2v) is 6.93. The Morgan fingerprint density at radius 3 is 2.31 bits per heavy atom. The summed E-state index contributed by atoms with van der Waals surface area (Å²) in [6.45, 7) is 9.97. The van der Waals surface area contributed by atoms with E-state index in [-0.39, 0.29) is 11.9 Å². The number of hydrogen-bond acceptors (Lipinski definition) is 3. The smallest absolute Gasteiger partial charge is 0.261 e. The monoisotopic (exact) mass is 355 g/mol. The van der Waals surface area contributed by atoms with Gasteiger partial charge in [-0.25, -0.2) is 0 Å². The van der Waals surface area contributed by atoms with E-state index in [9.17, 15) is 4.79 Å². The van der Waals surface area contributed by atoms with Gasteiger partial charge in [-0.05, 0) is 49.9 Å². The molecule has 0 aliphatic heterocycles. The number of hydrogen-bond donors (Lipinski definition) is 1. The summed E-state index contributed by atoms with van der Waals surface area (Å²) >= 11 is 0. The van der Waals surface area contributed by atoms with Gasteiger partial charge in [0.25, 0.3) is 5.91 Å². The zero-order chi connectivity index (χ0) is 19.3. The van der Waals surface area contributed by atoms with Crippen molar-refractivity contribution in [1.29, 1.82) is 0 Å². The summed E-state index contributed by atoms with van der Waals surface area (Å²) in [7, 11) is 1.63. The number of benzene rings is 2. The van der Waals surface area contributed by atoms with Gasteiger partial charge in [0.15, 0.2) is 6.10 Å². The first kappa shape index (κ1) is 19.8. The predicted octanol–water partition coefficient (Wildman–Crippen LogP) is 4.77. The number of carbonyl (C=O) groups excluding carboxylic acids is 1. The molecule has 1 amide bonds. The normalized spacial score (nSPS) is 13.2. The third-order valence-electron chi connectivity index (χ3n) is 4.43. The zero-order valence-electron chi connectivity index (χ0n) is 16.5. The summed E-state index contributed by atoms with van der Waals surface area (Å²) in [4.78, 5) is 12.6. The number of rotatable bonds is 7. The van der Waals surface area contributed by atoms with Crippen LogP contribution in [0.2, 0.25) is 0 Å². The Kier molecular flexibility index (Phi) is 6.67. The van der Waals surface area contributed by atoms with Gasteiger partial charge in [-0.2, -0.15) is 0 Å². The molecular formula is C22H29NO3. The number of carbonyl (C=O) groups is 1. The molecule has 2 rings (SSSR count). The molecule has 0 saturated carbocycles. The Bertz CT molecular complexity index is 755. The molecule has 0 aliphatic rings. The van der Waals surface area contributed by atoms with Gasteiger partial charge < -0.3 is 14.8 Å². The molecule has 2 aromatic carbocycles. The summed E-state index contributed by atoms with van der Waals surface area (Å²) < 4.78 is 11.4. The van der Waals surface area contributed by atoms with Crippen molar-refractivity contribution in [3.8, 4) is 11.5 Å². The van der Waals surface area contributed by atoms with Crippen molar-refractivity contribution in [3.63, 3.8) is 0 Å². The fraction of sp³-hybridized carbons (Fsp3) is 0.409. The van der Waals surface area contributed by atoms with Crippen molar-refractivity contribution < 1.29 is 14.3 Å². The molecule has 0 heterocycles. The number of ether oxygens (including phenoxy) is 2. The van der Waals surface area contributed by atoms with Gasteiger partial charge in [0.05, 0.1) is 13.2 Å². The van der Waals surface area contributed by atoms with Crippen molar-refractivity contribution in [1.82, 2.24) is 5.32 Å². The molecule has 0 saturated heterocycles.